The van der Waals surface area contributed by atoms with Crippen molar-refractivity contribution in [3.05, 3.63) is 59.7 Å². The van der Waals surface area contributed by atoms with Crippen molar-refractivity contribution in [2.45, 2.75) is 38.8 Å². The summed E-state index contributed by atoms with van der Waals surface area (Å²) in [5.41, 5.74) is 1.37. The minimum atomic E-state index is -0.262. The van der Waals surface area contributed by atoms with E-state index in [0.717, 1.165) is 12.8 Å². The lowest BCUT2D eigenvalue weighted by molar-refractivity contribution is -0.136. The fourth-order valence-corrected chi connectivity index (χ4v) is 4.52. The van der Waals surface area contributed by atoms with Crippen LogP contribution in [0.4, 0.5) is 5.69 Å². The second-order valence-corrected chi connectivity index (χ2v) is 9.89. The van der Waals surface area contributed by atoms with Crippen LogP contribution >= 0.6 is 0 Å². The third-order valence-corrected chi connectivity index (χ3v) is 6.95. The molecule has 1 heterocycles. The molecule has 0 bridgehead atoms. The van der Waals surface area contributed by atoms with Crippen LogP contribution < -0.4 is 10.1 Å². The first kappa shape index (κ1) is 25.7. The fourth-order valence-electron chi connectivity index (χ4n) is 4.52. The van der Waals surface area contributed by atoms with Crippen LogP contribution in [-0.4, -0.2) is 73.5 Å². The largest absolute Gasteiger partial charge is 0.491 e. The number of ether oxygens (including phenoxy) is 2. The molecule has 3 amide bonds. The standard InChI is InChI=1S/C28H35N3O5/c1-18-15-31(27(33)21-10-11-21)19(2)17-36-24-13-12-22(29-26(32)20-8-6-5-7-9-20)14-23(24)28(34)30(3)16-25(18)35-4/h5-9,12-14,18-19,21,25H,10-11,15-17H2,1-4H3,(H,29,32)/t18-,19+,25+/m0/s1. The Morgan fingerprint density at radius 3 is 2.44 bits per heavy atom. The summed E-state index contributed by atoms with van der Waals surface area (Å²) in [5.74, 6) is 0.203. The molecule has 2 aromatic rings. The summed E-state index contributed by atoms with van der Waals surface area (Å²) < 4.78 is 11.9. The lowest BCUT2D eigenvalue weighted by Crippen LogP contribution is -2.49. The highest BCUT2D eigenvalue weighted by atomic mass is 16.5. The number of methoxy groups -OCH3 is 1. The number of nitrogens with one attached hydrogen (secondary N) is 1. The van der Waals surface area contributed by atoms with Crippen molar-refractivity contribution in [1.29, 1.82) is 0 Å². The van der Waals surface area contributed by atoms with Gasteiger partial charge in [0.2, 0.25) is 5.91 Å². The van der Waals surface area contributed by atoms with Gasteiger partial charge in [0.05, 0.1) is 17.7 Å². The van der Waals surface area contributed by atoms with E-state index in [9.17, 15) is 14.4 Å². The van der Waals surface area contributed by atoms with Crippen molar-refractivity contribution < 1.29 is 23.9 Å². The summed E-state index contributed by atoms with van der Waals surface area (Å²) in [7, 11) is 3.36. The molecule has 2 aromatic carbocycles. The van der Waals surface area contributed by atoms with Gasteiger partial charge in [-0.05, 0) is 50.1 Å². The van der Waals surface area contributed by atoms with Gasteiger partial charge in [-0.2, -0.15) is 0 Å². The Balaban J connectivity index is 1.63. The zero-order valence-corrected chi connectivity index (χ0v) is 21.4. The first-order valence-electron chi connectivity index (χ1n) is 12.5. The minimum absolute atomic E-state index is 0.0193. The van der Waals surface area contributed by atoms with Gasteiger partial charge in [-0.3, -0.25) is 14.4 Å². The zero-order chi connectivity index (χ0) is 25.8. The van der Waals surface area contributed by atoms with E-state index in [1.165, 1.54) is 0 Å². The number of rotatable bonds is 4. The molecule has 0 spiro atoms. The number of hydrogen-bond acceptors (Lipinski definition) is 5. The van der Waals surface area contributed by atoms with E-state index in [1.54, 1.807) is 61.5 Å². The number of likely N-dealkylation sites (N-methyl/N-ethyl adjacent to an activating group) is 1. The molecule has 36 heavy (non-hydrogen) atoms. The Labute approximate surface area is 212 Å². The van der Waals surface area contributed by atoms with Crippen molar-refractivity contribution in [3.8, 4) is 5.75 Å². The molecule has 1 saturated carbocycles. The maximum absolute atomic E-state index is 13.5. The molecule has 0 aromatic heterocycles. The molecule has 4 rings (SSSR count). The number of amides is 3. The average Bonchev–Trinajstić information content (AvgIpc) is 3.74. The molecule has 2 aliphatic rings. The Bertz CT molecular complexity index is 1100. The van der Waals surface area contributed by atoms with Gasteiger partial charge in [0, 0.05) is 50.3 Å². The maximum Gasteiger partial charge on any atom is 0.257 e. The number of fused-ring (bicyclic) bond motifs is 1. The number of hydrogen-bond donors (Lipinski definition) is 1. The molecule has 0 saturated heterocycles. The fraction of sp³-hybridized carbons (Fsp3) is 0.464. The Morgan fingerprint density at radius 2 is 1.78 bits per heavy atom. The zero-order valence-electron chi connectivity index (χ0n) is 21.4. The molecule has 1 aliphatic heterocycles. The number of nitrogens with zero attached hydrogens (tertiary/aromatic N) is 2. The van der Waals surface area contributed by atoms with Gasteiger partial charge < -0.3 is 24.6 Å². The van der Waals surface area contributed by atoms with Crippen LogP contribution in [0.2, 0.25) is 0 Å². The van der Waals surface area contributed by atoms with E-state index in [2.05, 4.69) is 5.32 Å². The van der Waals surface area contributed by atoms with Gasteiger partial charge in [-0.25, -0.2) is 0 Å². The third-order valence-electron chi connectivity index (χ3n) is 6.95. The second-order valence-electron chi connectivity index (χ2n) is 9.89. The van der Waals surface area contributed by atoms with Crippen LogP contribution in [0.3, 0.4) is 0 Å². The topological polar surface area (TPSA) is 88.2 Å². The lowest BCUT2D eigenvalue weighted by Gasteiger charge is -2.36. The molecule has 0 radical (unpaired) electrons. The first-order chi connectivity index (χ1) is 17.3. The molecular weight excluding hydrogens is 458 g/mol. The molecule has 1 aliphatic carbocycles. The van der Waals surface area contributed by atoms with Gasteiger partial charge in [0.25, 0.3) is 11.8 Å². The predicted octanol–water partition coefficient (Wildman–Crippen LogP) is 3.68. The van der Waals surface area contributed by atoms with Gasteiger partial charge in [-0.15, -0.1) is 0 Å². The van der Waals surface area contributed by atoms with E-state index in [1.807, 2.05) is 24.8 Å². The molecule has 1 fully saturated rings. The summed E-state index contributed by atoms with van der Waals surface area (Å²) in [5, 5.41) is 2.86. The second kappa shape index (κ2) is 11.1. The van der Waals surface area contributed by atoms with Crippen molar-refractivity contribution in [3.63, 3.8) is 0 Å². The van der Waals surface area contributed by atoms with Crippen molar-refractivity contribution in [1.82, 2.24) is 9.80 Å². The van der Waals surface area contributed by atoms with Gasteiger partial charge in [-0.1, -0.05) is 25.1 Å². The van der Waals surface area contributed by atoms with E-state index in [4.69, 9.17) is 9.47 Å². The SMILES string of the molecule is CO[C@@H]1CN(C)C(=O)c2cc(NC(=O)c3ccccc3)ccc2OC[C@@H](C)N(C(=O)C2CC2)C[C@@H]1C. The smallest absolute Gasteiger partial charge is 0.257 e. The average molecular weight is 494 g/mol. The van der Waals surface area contributed by atoms with Crippen LogP contribution in [0.15, 0.2) is 48.5 Å². The third kappa shape index (κ3) is 5.87. The van der Waals surface area contributed by atoms with Crippen LogP contribution in [0.25, 0.3) is 0 Å². The summed E-state index contributed by atoms with van der Waals surface area (Å²) >= 11 is 0. The van der Waals surface area contributed by atoms with Crippen LogP contribution in [0.5, 0.6) is 5.75 Å². The normalized spacial score (nSPS) is 23.1. The van der Waals surface area contributed by atoms with Gasteiger partial charge in [0.15, 0.2) is 0 Å². The number of anilines is 1. The first-order valence-corrected chi connectivity index (χ1v) is 12.5. The van der Waals surface area contributed by atoms with E-state index >= 15 is 0 Å². The lowest BCUT2D eigenvalue weighted by atomic mass is 10.0. The van der Waals surface area contributed by atoms with Crippen LogP contribution in [-0.2, 0) is 9.53 Å². The molecule has 8 nitrogen and oxygen atoms in total. The van der Waals surface area contributed by atoms with Crippen molar-refractivity contribution in [2.75, 3.05) is 39.2 Å². The van der Waals surface area contributed by atoms with Gasteiger partial charge in [0.1, 0.15) is 12.4 Å². The van der Waals surface area contributed by atoms with E-state index in [0.29, 0.717) is 35.7 Å². The molecule has 1 N–H and O–H groups in total. The Morgan fingerprint density at radius 1 is 1.06 bits per heavy atom. The highest BCUT2D eigenvalue weighted by molar-refractivity contribution is 6.05. The Hall–Kier alpha value is -3.39. The molecule has 0 unspecified atom stereocenters. The predicted molar refractivity (Wildman–Crippen MR) is 137 cm³/mol. The molecule has 8 heteroatoms. The highest BCUT2D eigenvalue weighted by Gasteiger charge is 2.37. The number of benzene rings is 2. The van der Waals surface area contributed by atoms with E-state index in [-0.39, 0.29) is 48.3 Å². The van der Waals surface area contributed by atoms with E-state index < -0.39 is 0 Å². The number of carbonyl (C=O) groups excluding carboxylic acids is 3. The highest BCUT2D eigenvalue weighted by Crippen LogP contribution is 2.33. The van der Waals surface area contributed by atoms with Crippen molar-refractivity contribution in [2.24, 2.45) is 11.8 Å². The minimum Gasteiger partial charge on any atom is -0.491 e. The number of carbonyl (C=O) groups is 3. The summed E-state index contributed by atoms with van der Waals surface area (Å²) in [6.45, 7) is 5.17. The molecule has 192 valence electrons. The molecular formula is C28H35N3O5. The maximum atomic E-state index is 13.5. The van der Waals surface area contributed by atoms with Crippen LogP contribution in [0, 0.1) is 11.8 Å². The molecule has 3 atom stereocenters. The summed E-state index contributed by atoms with van der Waals surface area (Å²) in [6.07, 6.45) is 1.62. The van der Waals surface area contributed by atoms with Crippen LogP contribution in [0.1, 0.15) is 47.4 Å². The summed E-state index contributed by atoms with van der Waals surface area (Å²) in [6, 6.07) is 13.8. The quantitative estimate of drug-likeness (QED) is 0.702. The summed E-state index contributed by atoms with van der Waals surface area (Å²) in [4.78, 5) is 42.8. The van der Waals surface area contributed by atoms with Crippen molar-refractivity contribution >= 4 is 23.4 Å². The Kier molecular flexibility index (Phi) is 7.94. The monoisotopic (exact) mass is 493 g/mol. The van der Waals surface area contributed by atoms with Gasteiger partial charge >= 0.3 is 0 Å².